The van der Waals surface area contributed by atoms with Crippen molar-refractivity contribution >= 4 is 38.5 Å². The van der Waals surface area contributed by atoms with Gasteiger partial charge in [-0.25, -0.2) is 4.98 Å². The highest BCUT2D eigenvalue weighted by Crippen LogP contribution is 2.31. The number of halogens is 3. The fourth-order valence-corrected chi connectivity index (χ4v) is 3.45. The van der Waals surface area contributed by atoms with E-state index in [-0.39, 0.29) is 29.1 Å². The Bertz CT molecular complexity index is 854. The number of thiazole rings is 1. The van der Waals surface area contributed by atoms with E-state index in [2.05, 4.69) is 20.4 Å². The number of hydrogen-bond acceptors (Lipinski definition) is 6. The van der Waals surface area contributed by atoms with Gasteiger partial charge in [0.05, 0.1) is 16.3 Å². The summed E-state index contributed by atoms with van der Waals surface area (Å²) in [4.78, 5) is 28.0. The lowest BCUT2D eigenvalue weighted by Gasteiger charge is -2.13. The smallest absolute Gasteiger partial charge is 0.406 e. The second-order valence-electron chi connectivity index (χ2n) is 6.88. The number of ether oxygens (including phenoxy) is 1. The van der Waals surface area contributed by atoms with Crippen LogP contribution in [0.4, 0.5) is 18.3 Å². The Morgan fingerprint density at radius 3 is 2.69 bits per heavy atom. The van der Waals surface area contributed by atoms with Gasteiger partial charge in [-0.05, 0) is 30.9 Å². The van der Waals surface area contributed by atoms with Crippen LogP contribution in [0.2, 0.25) is 0 Å². The Morgan fingerprint density at radius 2 is 2.03 bits per heavy atom. The van der Waals surface area contributed by atoms with Gasteiger partial charge >= 0.3 is 6.36 Å². The zero-order chi connectivity index (χ0) is 21.6. The molecule has 0 aliphatic carbocycles. The monoisotopic (exact) mass is 432 g/mol. The third kappa shape index (κ3) is 7.86. The normalized spacial score (nSPS) is 12.8. The van der Waals surface area contributed by atoms with Crippen LogP contribution in [0.1, 0.15) is 33.1 Å². The summed E-state index contributed by atoms with van der Waals surface area (Å²) in [5, 5.41) is 5.57. The van der Waals surface area contributed by atoms with E-state index in [0.29, 0.717) is 35.5 Å². The first-order chi connectivity index (χ1) is 13.5. The third-order valence-corrected chi connectivity index (χ3v) is 4.72. The van der Waals surface area contributed by atoms with Crippen molar-refractivity contribution in [3.05, 3.63) is 18.2 Å². The SMILES string of the molecule is CC(C)CC(N)C(=O)NCCCC(=O)Nc1nc2ccc(OC(F)(F)F)cc2s1. The predicted octanol–water partition coefficient (Wildman–Crippen LogP) is 3.40. The van der Waals surface area contributed by atoms with Gasteiger partial charge in [0.1, 0.15) is 5.75 Å². The molecule has 1 heterocycles. The molecule has 0 bridgehead atoms. The van der Waals surface area contributed by atoms with E-state index in [0.717, 1.165) is 17.4 Å². The molecule has 11 heteroatoms. The van der Waals surface area contributed by atoms with Crippen LogP contribution in [0.15, 0.2) is 18.2 Å². The maximum Gasteiger partial charge on any atom is 0.573 e. The predicted molar refractivity (Wildman–Crippen MR) is 105 cm³/mol. The summed E-state index contributed by atoms with van der Waals surface area (Å²) in [5.41, 5.74) is 6.22. The Balaban J connectivity index is 1.80. The summed E-state index contributed by atoms with van der Waals surface area (Å²) in [7, 11) is 0. The van der Waals surface area contributed by atoms with Crippen molar-refractivity contribution in [3.8, 4) is 5.75 Å². The minimum absolute atomic E-state index is 0.151. The van der Waals surface area contributed by atoms with Gasteiger partial charge in [-0.15, -0.1) is 13.2 Å². The molecule has 1 aromatic carbocycles. The van der Waals surface area contributed by atoms with Crippen molar-refractivity contribution in [2.75, 3.05) is 11.9 Å². The van der Waals surface area contributed by atoms with Gasteiger partial charge in [-0.2, -0.15) is 0 Å². The van der Waals surface area contributed by atoms with Crippen LogP contribution in [0.25, 0.3) is 10.2 Å². The van der Waals surface area contributed by atoms with E-state index in [9.17, 15) is 22.8 Å². The lowest BCUT2D eigenvalue weighted by atomic mass is 10.0. The second kappa shape index (κ2) is 9.88. The van der Waals surface area contributed by atoms with Crippen molar-refractivity contribution in [3.63, 3.8) is 0 Å². The number of hydrogen-bond donors (Lipinski definition) is 3. The van der Waals surface area contributed by atoms with Gasteiger partial charge in [0, 0.05) is 19.0 Å². The molecule has 1 atom stereocenters. The Kier molecular flexibility index (Phi) is 7.80. The molecular formula is C18H23F3N4O3S. The number of fused-ring (bicyclic) bond motifs is 1. The molecule has 0 fully saturated rings. The minimum atomic E-state index is -4.77. The zero-order valence-corrected chi connectivity index (χ0v) is 16.8. The molecule has 2 rings (SSSR count). The first-order valence-electron chi connectivity index (χ1n) is 9.03. The molecule has 29 heavy (non-hydrogen) atoms. The number of nitrogens with zero attached hydrogens (tertiary/aromatic N) is 1. The summed E-state index contributed by atoms with van der Waals surface area (Å²) in [6.07, 6.45) is -3.62. The Hall–Kier alpha value is -2.40. The summed E-state index contributed by atoms with van der Waals surface area (Å²) >= 11 is 1.04. The van der Waals surface area contributed by atoms with Gasteiger partial charge in [0.25, 0.3) is 0 Å². The molecule has 0 saturated carbocycles. The standard InChI is InChI=1S/C18H23F3N4O3S/c1-10(2)8-12(22)16(27)23-7-3-4-15(26)25-17-24-13-6-5-11(9-14(13)29-17)28-18(19,20)21/h5-6,9-10,12H,3-4,7-8,22H2,1-2H3,(H,23,27)(H,24,25,26). The molecule has 2 aromatic rings. The largest absolute Gasteiger partial charge is 0.573 e. The van der Waals surface area contributed by atoms with Crippen LogP contribution < -0.4 is 21.1 Å². The fraction of sp³-hybridized carbons (Fsp3) is 0.500. The lowest BCUT2D eigenvalue weighted by molar-refractivity contribution is -0.274. The van der Waals surface area contributed by atoms with Crippen molar-refractivity contribution < 1.29 is 27.5 Å². The molecule has 0 aliphatic rings. The number of nitrogens with one attached hydrogen (secondary N) is 2. The van der Waals surface area contributed by atoms with Gasteiger partial charge in [0.15, 0.2) is 5.13 Å². The molecule has 0 aliphatic heterocycles. The van der Waals surface area contributed by atoms with Crippen LogP contribution >= 0.6 is 11.3 Å². The summed E-state index contributed by atoms with van der Waals surface area (Å²) < 4.78 is 41.2. The molecule has 1 unspecified atom stereocenters. The van der Waals surface area contributed by atoms with Crippen LogP contribution in [0, 0.1) is 5.92 Å². The van der Waals surface area contributed by atoms with E-state index in [1.54, 1.807) is 0 Å². The highest BCUT2D eigenvalue weighted by molar-refractivity contribution is 7.22. The van der Waals surface area contributed by atoms with Crippen molar-refractivity contribution in [2.24, 2.45) is 11.7 Å². The van der Waals surface area contributed by atoms with E-state index in [4.69, 9.17) is 5.73 Å². The number of carbonyl (C=O) groups excluding carboxylic acids is 2. The molecule has 2 amide bonds. The second-order valence-corrected chi connectivity index (χ2v) is 7.91. The number of amides is 2. The quantitative estimate of drug-likeness (QED) is 0.527. The highest BCUT2D eigenvalue weighted by Gasteiger charge is 2.31. The Morgan fingerprint density at radius 1 is 1.31 bits per heavy atom. The van der Waals surface area contributed by atoms with Crippen LogP contribution in [-0.4, -0.2) is 35.7 Å². The molecule has 1 aromatic heterocycles. The zero-order valence-electron chi connectivity index (χ0n) is 16.0. The van der Waals surface area contributed by atoms with Crippen LogP contribution in [0.5, 0.6) is 5.75 Å². The molecular weight excluding hydrogens is 409 g/mol. The van der Waals surface area contributed by atoms with Gasteiger partial charge in [0.2, 0.25) is 11.8 Å². The summed E-state index contributed by atoms with van der Waals surface area (Å²) in [6.45, 7) is 4.27. The number of alkyl halides is 3. The number of anilines is 1. The van der Waals surface area contributed by atoms with E-state index < -0.39 is 12.4 Å². The van der Waals surface area contributed by atoms with Crippen LogP contribution in [-0.2, 0) is 9.59 Å². The van der Waals surface area contributed by atoms with E-state index in [1.807, 2.05) is 13.8 Å². The molecule has 7 nitrogen and oxygen atoms in total. The summed E-state index contributed by atoms with van der Waals surface area (Å²) in [6, 6.07) is 3.19. The number of carbonyl (C=O) groups is 2. The molecule has 0 saturated heterocycles. The van der Waals surface area contributed by atoms with Crippen molar-refractivity contribution in [2.45, 2.75) is 45.5 Å². The molecule has 4 N–H and O–H groups in total. The lowest BCUT2D eigenvalue weighted by Crippen LogP contribution is -2.41. The number of rotatable bonds is 9. The highest BCUT2D eigenvalue weighted by atomic mass is 32.1. The van der Waals surface area contributed by atoms with Gasteiger partial charge in [-0.1, -0.05) is 25.2 Å². The molecule has 0 radical (unpaired) electrons. The minimum Gasteiger partial charge on any atom is -0.406 e. The number of aromatic nitrogens is 1. The first-order valence-corrected chi connectivity index (χ1v) is 9.84. The maximum atomic E-state index is 12.3. The van der Waals surface area contributed by atoms with Gasteiger partial charge in [-0.3, -0.25) is 9.59 Å². The number of benzene rings is 1. The fourth-order valence-electron chi connectivity index (χ4n) is 2.54. The maximum absolute atomic E-state index is 12.3. The van der Waals surface area contributed by atoms with E-state index in [1.165, 1.54) is 12.1 Å². The Labute approximate surface area is 169 Å². The topological polar surface area (TPSA) is 106 Å². The third-order valence-electron chi connectivity index (χ3n) is 3.78. The summed E-state index contributed by atoms with van der Waals surface area (Å²) in [5.74, 6) is -0.594. The first kappa shape index (κ1) is 22.9. The molecule has 160 valence electrons. The average Bonchev–Trinajstić information content (AvgIpc) is 2.97. The van der Waals surface area contributed by atoms with Crippen molar-refractivity contribution in [1.82, 2.24) is 10.3 Å². The van der Waals surface area contributed by atoms with E-state index >= 15 is 0 Å². The molecule has 0 spiro atoms. The van der Waals surface area contributed by atoms with Crippen LogP contribution in [0.3, 0.4) is 0 Å². The number of nitrogens with two attached hydrogens (primary N) is 1. The average molecular weight is 432 g/mol. The van der Waals surface area contributed by atoms with Gasteiger partial charge < -0.3 is 21.1 Å². The van der Waals surface area contributed by atoms with Crippen molar-refractivity contribution in [1.29, 1.82) is 0 Å².